The fourth-order valence-corrected chi connectivity index (χ4v) is 2.32. The van der Waals surface area contributed by atoms with Gasteiger partial charge in [-0.05, 0) is 19.3 Å². The van der Waals surface area contributed by atoms with E-state index in [0.29, 0.717) is 5.70 Å². The van der Waals surface area contributed by atoms with Crippen LogP contribution in [0.5, 0.6) is 0 Å². The van der Waals surface area contributed by atoms with Crippen LogP contribution in [0.2, 0.25) is 0 Å². The van der Waals surface area contributed by atoms with Gasteiger partial charge in [-0.15, -0.1) is 11.6 Å². The summed E-state index contributed by atoms with van der Waals surface area (Å²) in [4.78, 5) is 11.9. The Morgan fingerprint density at radius 2 is 2.21 bits per heavy atom. The lowest BCUT2D eigenvalue weighted by Crippen LogP contribution is -2.47. The van der Waals surface area contributed by atoms with Crippen molar-refractivity contribution in [2.75, 3.05) is 5.88 Å². The van der Waals surface area contributed by atoms with Crippen molar-refractivity contribution >= 4 is 11.6 Å². The molecule has 0 bridgehead atoms. The van der Waals surface area contributed by atoms with E-state index in [9.17, 15) is 10.1 Å². The van der Waals surface area contributed by atoms with E-state index < -0.39 is 5.66 Å². The average molecular weight is 218 g/mol. The second-order valence-electron chi connectivity index (χ2n) is 4.06. The molecule has 4 nitrogen and oxygen atoms in total. The molecule has 0 aromatic rings. The fourth-order valence-electron chi connectivity index (χ4n) is 2.10. The van der Waals surface area contributed by atoms with Gasteiger partial charge in [-0.3, -0.25) is 5.21 Å². The molecular formula is C9H14ClN2O2+. The lowest BCUT2D eigenvalue weighted by Gasteiger charge is -2.22. The third-order valence-electron chi connectivity index (χ3n) is 3.06. The minimum absolute atomic E-state index is 0.0972. The largest absolute Gasteiger partial charge is 0.323 e. The van der Waals surface area contributed by atoms with Gasteiger partial charge in [-0.25, -0.2) is 0 Å². The number of nitroso groups, excluding NO2 is 1. The summed E-state index contributed by atoms with van der Waals surface area (Å²) in [5, 5.41) is 10.9. The molecule has 0 aromatic heterocycles. The number of nitrogens with zero attached hydrogens (tertiary/aromatic N) is 2. The van der Waals surface area contributed by atoms with Crippen LogP contribution in [-0.4, -0.2) is 26.6 Å². The second kappa shape index (κ2) is 3.21. The summed E-state index contributed by atoms with van der Waals surface area (Å²) in [6.07, 6.45) is 3.57. The van der Waals surface area contributed by atoms with E-state index in [1.54, 1.807) is 6.92 Å². The fraction of sp³-hybridized carbons (Fsp3) is 0.778. The number of rotatable bonds is 1. The zero-order chi connectivity index (χ0) is 10.3. The van der Waals surface area contributed by atoms with E-state index in [1.807, 2.05) is 0 Å². The SMILES string of the molecule is C[C@]1(CCl)N(O)C2=C(CCCC2)[N+]1=O. The van der Waals surface area contributed by atoms with Gasteiger partial charge in [0.1, 0.15) is 11.6 Å². The van der Waals surface area contributed by atoms with Crippen molar-refractivity contribution in [3.8, 4) is 0 Å². The normalized spacial score (nSPS) is 32.5. The van der Waals surface area contributed by atoms with Crippen LogP contribution >= 0.6 is 11.6 Å². The smallest absolute Gasteiger partial charge is 0.282 e. The van der Waals surface area contributed by atoms with Crippen LogP contribution in [0.25, 0.3) is 0 Å². The third kappa shape index (κ3) is 1.10. The first-order chi connectivity index (χ1) is 6.61. The summed E-state index contributed by atoms with van der Waals surface area (Å²) in [5.74, 6) is 0.0972. The Hall–Kier alpha value is -0.610. The molecule has 0 amide bonds. The summed E-state index contributed by atoms with van der Waals surface area (Å²) in [6, 6.07) is 0. The topological polar surface area (TPSA) is 43.5 Å². The molecule has 0 fully saturated rings. The zero-order valence-electron chi connectivity index (χ0n) is 8.16. The van der Waals surface area contributed by atoms with E-state index in [1.165, 1.54) is 0 Å². The van der Waals surface area contributed by atoms with Gasteiger partial charge in [0.15, 0.2) is 0 Å². The second-order valence-corrected chi connectivity index (χ2v) is 4.32. The number of hydrogen-bond acceptors (Lipinski definition) is 3. The van der Waals surface area contributed by atoms with Gasteiger partial charge in [-0.1, -0.05) is 0 Å². The highest BCUT2D eigenvalue weighted by atomic mass is 35.5. The first-order valence-corrected chi connectivity index (χ1v) is 5.39. The summed E-state index contributed by atoms with van der Waals surface area (Å²) < 4.78 is 0.870. The van der Waals surface area contributed by atoms with Crippen molar-refractivity contribution in [1.82, 2.24) is 5.06 Å². The Kier molecular flexibility index (Phi) is 2.27. The summed E-state index contributed by atoms with van der Waals surface area (Å²) in [7, 11) is 0. The molecule has 1 heterocycles. The monoisotopic (exact) mass is 217 g/mol. The van der Waals surface area contributed by atoms with Crippen LogP contribution < -0.4 is 0 Å². The van der Waals surface area contributed by atoms with Gasteiger partial charge >= 0.3 is 5.66 Å². The Morgan fingerprint density at radius 1 is 1.57 bits per heavy atom. The zero-order valence-corrected chi connectivity index (χ0v) is 8.92. The van der Waals surface area contributed by atoms with E-state index in [2.05, 4.69) is 0 Å². The molecule has 0 saturated carbocycles. The Balaban J connectivity index is 2.39. The Labute approximate surface area is 87.7 Å². The van der Waals surface area contributed by atoms with Gasteiger partial charge in [0, 0.05) is 18.3 Å². The molecule has 2 rings (SSSR count). The number of allylic oxidation sites excluding steroid dienone is 2. The van der Waals surface area contributed by atoms with Crippen LogP contribution in [0.4, 0.5) is 0 Å². The summed E-state index contributed by atoms with van der Waals surface area (Å²) in [5.41, 5.74) is 0.465. The highest BCUT2D eigenvalue weighted by molar-refractivity contribution is 6.18. The summed E-state index contributed by atoms with van der Waals surface area (Å²) in [6.45, 7) is 1.66. The van der Waals surface area contributed by atoms with E-state index in [4.69, 9.17) is 11.6 Å². The van der Waals surface area contributed by atoms with Crippen molar-refractivity contribution < 1.29 is 9.97 Å². The predicted octanol–water partition coefficient (Wildman–Crippen LogP) is 2.21. The maximum Gasteiger partial charge on any atom is 0.323 e. The van der Waals surface area contributed by atoms with Crippen LogP contribution in [0.3, 0.4) is 0 Å². The minimum Gasteiger partial charge on any atom is -0.282 e. The van der Waals surface area contributed by atoms with E-state index in [0.717, 1.165) is 41.2 Å². The number of hydrogen-bond donors (Lipinski definition) is 1. The van der Waals surface area contributed by atoms with Crippen molar-refractivity contribution in [1.29, 1.82) is 0 Å². The van der Waals surface area contributed by atoms with Crippen LogP contribution in [0, 0.1) is 4.91 Å². The third-order valence-corrected chi connectivity index (χ3v) is 3.56. The molecule has 0 unspecified atom stereocenters. The first-order valence-electron chi connectivity index (χ1n) is 4.85. The molecule has 0 saturated heterocycles. The number of hydroxylamine groups is 2. The molecule has 0 radical (unpaired) electrons. The molecule has 0 spiro atoms. The van der Waals surface area contributed by atoms with Crippen molar-refractivity contribution in [3.63, 3.8) is 0 Å². The molecule has 1 N–H and O–H groups in total. The van der Waals surface area contributed by atoms with Crippen LogP contribution in [0.1, 0.15) is 32.6 Å². The molecule has 0 aromatic carbocycles. The van der Waals surface area contributed by atoms with Gasteiger partial charge in [0.2, 0.25) is 0 Å². The molecule has 1 aliphatic carbocycles. The number of alkyl halides is 1. The van der Waals surface area contributed by atoms with Gasteiger partial charge < -0.3 is 0 Å². The Bertz CT molecular complexity index is 316. The number of halogens is 1. The molecule has 1 atom stereocenters. The molecule has 1 aliphatic heterocycles. The van der Waals surface area contributed by atoms with Crippen molar-refractivity contribution in [2.24, 2.45) is 0 Å². The van der Waals surface area contributed by atoms with E-state index in [-0.39, 0.29) is 5.88 Å². The highest BCUT2D eigenvalue weighted by Crippen LogP contribution is 2.40. The molecule has 14 heavy (non-hydrogen) atoms. The van der Waals surface area contributed by atoms with Gasteiger partial charge in [0.05, 0.1) is 4.76 Å². The predicted molar refractivity (Wildman–Crippen MR) is 51.9 cm³/mol. The minimum atomic E-state index is -1.00. The van der Waals surface area contributed by atoms with Gasteiger partial charge in [-0.2, -0.15) is 5.06 Å². The lowest BCUT2D eigenvalue weighted by atomic mass is 10.0. The van der Waals surface area contributed by atoms with Crippen LogP contribution in [0.15, 0.2) is 11.4 Å². The maximum absolute atomic E-state index is 11.9. The first kappa shape index (κ1) is 9.93. The lowest BCUT2D eigenvalue weighted by molar-refractivity contribution is -0.603. The molecular weight excluding hydrogens is 204 g/mol. The summed E-state index contributed by atoms with van der Waals surface area (Å²) >= 11 is 5.73. The standard InChI is InChI=1S/C9H14ClN2O2/c1-9(6-10)11(13)7-4-2-3-5-8(7)12(9)14/h13H,2-6H2,1H3/q+1/t9-/m0/s1. The molecule has 2 aliphatic rings. The quantitative estimate of drug-likeness (QED) is 0.541. The highest BCUT2D eigenvalue weighted by Gasteiger charge is 2.57. The Morgan fingerprint density at radius 3 is 2.79 bits per heavy atom. The molecule has 5 heteroatoms. The van der Waals surface area contributed by atoms with Crippen molar-refractivity contribution in [2.45, 2.75) is 38.3 Å². The maximum atomic E-state index is 11.9. The van der Waals surface area contributed by atoms with Crippen LogP contribution in [-0.2, 0) is 0 Å². The van der Waals surface area contributed by atoms with E-state index >= 15 is 0 Å². The average Bonchev–Trinajstić information content (AvgIpc) is 2.43. The van der Waals surface area contributed by atoms with Crippen molar-refractivity contribution in [3.05, 3.63) is 16.3 Å². The van der Waals surface area contributed by atoms with Gasteiger partial charge in [0.25, 0.3) is 5.70 Å². The molecule has 78 valence electrons.